The summed E-state index contributed by atoms with van der Waals surface area (Å²) in [4.78, 5) is 0. The minimum absolute atomic E-state index is 0.0239. The molecule has 3 heteroatoms. The third kappa shape index (κ3) is 2.24. The number of rotatable bonds is 1. The molecule has 2 aliphatic carbocycles. The van der Waals surface area contributed by atoms with Gasteiger partial charge in [-0.3, -0.25) is 0 Å². The van der Waals surface area contributed by atoms with Crippen molar-refractivity contribution in [1.82, 2.24) is 0 Å². The van der Waals surface area contributed by atoms with Crippen LogP contribution >= 0.6 is 0 Å². The summed E-state index contributed by atoms with van der Waals surface area (Å²) in [5, 5.41) is 31.8. The Balaban J connectivity index is 2.22. The van der Waals surface area contributed by atoms with E-state index in [1.165, 1.54) is 5.56 Å². The van der Waals surface area contributed by atoms with Crippen molar-refractivity contribution in [2.45, 2.75) is 77.4 Å². The lowest BCUT2D eigenvalue weighted by molar-refractivity contribution is -0.119. The van der Waals surface area contributed by atoms with Gasteiger partial charge in [0.15, 0.2) is 0 Å². The first-order chi connectivity index (χ1) is 10.6. The van der Waals surface area contributed by atoms with Crippen LogP contribution in [0.5, 0.6) is 5.75 Å². The minimum Gasteiger partial charge on any atom is -0.508 e. The molecule has 1 aromatic rings. The van der Waals surface area contributed by atoms with E-state index in [1.807, 2.05) is 12.1 Å². The molecule has 128 valence electrons. The van der Waals surface area contributed by atoms with Gasteiger partial charge in [-0.1, -0.05) is 40.7 Å². The van der Waals surface area contributed by atoms with Gasteiger partial charge >= 0.3 is 0 Å². The summed E-state index contributed by atoms with van der Waals surface area (Å²) < 4.78 is 0. The predicted octanol–water partition coefficient (Wildman–Crippen LogP) is 3.49. The first kappa shape index (κ1) is 16.8. The Morgan fingerprint density at radius 2 is 1.78 bits per heavy atom. The van der Waals surface area contributed by atoms with Gasteiger partial charge in [0, 0.05) is 5.92 Å². The standard InChI is InChI=1S/C20H30O3/c1-11(2)17-12-10-15(22)18-19(3,4)16(23)8-9-20(18,5)13(12)6-7-14(17)21/h6-7,11,15-16,18,21-23H,8-10H2,1-5H3/t15-,16+,18+,20-/m1/s1. The lowest BCUT2D eigenvalue weighted by Gasteiger charge is -2.58. The molecular formula is C20H30O3. The van der Waals surface area contributed by atoms with Crippen molar-refractivity contribution >= 4 is 0 Å². The van der Waals surface area contributed by atoms with Gasteiger partial charge in [0.05, 0.1) is 12.2 Å². The third-order valence-corrected chi connectivity index (χ3v) is 6.61. The average Bonchev–Trinajstić information content (AvgIpc) is 2.42. The normalized spacial score (nSPS) is 35.7. The largest absolute Gasteiger partial charge is 0.508 e. The maximum Gasteiger partial charge on any atom is 0.119 e. The smallest absolute Gasteiger partial charge is 0.119 e. The lowest BCUT2D eigenvalue weighted by atomic mass is 9.48. The van der Waals surface area contributed by atoms with Crippen LogP contribution in [0, 0.1) is 11.3 Å². The summed E-state index contributed by atoms with van der Waals surface area (Å²) in [6.07, 6.45) is 1.32. The Morgan fingerprint density at radius 1 is 1.13 bits per heavy atom. The van der Waals surface area contributed by atoms with Crippen molar-refractivity contribution in [2.75, 3.05) is 0 Å². The van der Waals surface area contributed by atoms with Crippen molar-refractivity contribution in [3.8, 4) is 5.75 Å². The van der Waals surface area contributed by atoms with Crippen molar-refractivity contribution in [3.63, 3.8) is 0 Å². The zero-order valence-corrected chi connectivity index (χ0v) is 14.9. The number of phenolic OH excluding ortho intramolecular Hbond substituents is 1. The van der Waals surface area contributed by atoms with E-state index in [4.69, 9.17) is 0 Å². The number of aromatic hydroxyl groups is 1. The molecule has 0 aliphatic heterocycles. The maximum atomic E-state index is 11.0. The van der Waals surface area contributed by atoms with Crippen LogP contribution in [0.1, 0.15) is 70.1 Å². The number of fused-ring (bicyclic) bond motifs is 3. The Kier molecular flexibility index (Phi) is 3.81. The molecule has 2 aliphatic rings. The fourth-order valence-corrected chi connectivity index (χ4v) is 5.59. The molecule has 4 atom stereocenters. The molecule has 0 aromatic heterocycles. The van der Waals surface area contributed by atoms with Gasteiger partial charge < -0.3 is 15.3 Å². The van der Waals surface area contributed by atoms with Crippen LogP contribution in [0.3, 0.4) is 0 Å². The maximum absolute atomic E-state index is 11.0. The van der Waals surface area contributed by atoms with E-state index < -0.39 is 6.10 Å². The molecule has 0 spiro atoms. The van der Waals surface area contributed by atoms with Crippen LogP contribution in [-0.4, -0.2) is 27.5 Å². The summed E-state index contributed by atoms with van der Waals surface area (Å²) in [5.74, 6) is 0.582. The van der Waals surface area contributed by atoms with Crippen LogP contribution in [0.2, 0.25) is 0 Å². The number of phenols is 1. The Hall–Kier alpha value is -1.06. The Morgan fingerprint density at radius 3 is 2.39 bits per heavy atom. The summed E-state index contributed by atoms with van der Waals surface area (Å²) in [6, 6.07) is 3.86. The number of benzene rings is 1. The van der Waals surface area contributed by atoms with E-state index in [1.54, 1.807) is 0 Å². The highest BCUT2D eigenvalue weighted by Crippen LogP contribution is 2.58. The predicted molar refractivity (Wildman–Crippen MR) is 91.8 cm³/mol. The molecule has 1 fully saturated rings. The van der Waals surface area contributed by atoms with Crippen LogP contribution in [-0.2, 0) is 11.8 Å². The van der Waals surface area contributed by atoms with E-state index in [2.05, 4.69) is 34.6 Å². The molecule has 1 aromatic carbocycles. The van der Waals surface area contributed by atoms with Gasteiger partial charge in [-0.05, 0) is 58.8 Å². The second kappa shape index (κ2) is 5.22. The van der Waals surface area contributed by atoms with Crippen molar-refractivity contribution in [3.05, 3.63) is 28.8 Å². The van der Waals surface area contributed by atoms with Crippen molar-refractivity contribution in [1.29, 1.82) is 0 Å². The Labute approximate surface area is 139 Å². The highest BCUT2D eigenvalue weighted by Gasteiger charge is 2.57. The fraction of sp³-hybridized carbons (Fsp3) is 0.700. The molecule has 0 radical (unpaired) electrons. The van der Waals surface area contributed by atoms with Crippen LogP contribution in [0.25, 0.3) is 0 Å². The molecular weight excluding hydrogens is 288 g/mol. The summed E-state index contributed by atoms with van der Waals surface area (Å²) >= 11 is 0. The topological polar surface area (TPSA) is 60.7 Å². The van der Waals surface area contributed by atoms with E-state index in [0.717, 1.165) is 24.0 Å². The Bertz CT molecular complexity index is 620. The average molecular weight is 318 g/mol. The quantitative estimate of drug-likeness (QED) is 0.743. The molecule has 0 unspecified atom stereocenters. The van der Waals surface area contributed by atoms with Gasteiger partial charge in [-0.25, -0.2) is 0 Å². The van der Waals surface area contributed by atoms with Gasteiger partial charge in [-0.15, -0.1) is 0 Å². The number of aliphatic hydroxyl groups excluding tert-OH is 2. The monoisotopic (exact) mass is 318 g/mol. The highest BCUT2D eigenvalue weighted by molar-refractivity contribution is 5.51. The van der Waals surface area contributed by atoms with E-state index in [0.29, 0.717) is 12.2 Å². The second-order valence-corrected chi connectivity index (χ2v) is 8.72. The SMILES string of the molecule is CC(C)c1c(O)ccc2c1C[C@@H](O)[C@H]1C(C)(C)[C@@H](O)CC[C@]21C. The zero-order chi connectivity index (χ0) is 17.2. The molecule has 0 bridgehead atoms. The van der Waals surface area contributed by atoms with Gasteiger partial charge in [0.25, 0.3) is 0 Å². The first-order valence-electron chi connectivity index (χ1n) is 8.82. The van der Waals surface area contributed by atoms with Crippen molar-refractivity contribution in [2.24, 2.45) is 11.3 Å². The van der Waals surface area contributed by atoms with Crippen LogP contribution in [0.4, 0.5) is 0 Å². The van der Waals surface area contributed by atoms with E-state index >= 15 is 0 Å². The number of aliphatic hydroxyl groups is 2. The number of hydrogen-bond acceptors (Lipinski definition) is 3. The molecule has 0 saturated heterocycles. The molecule has 3 N–H and O–H groups in total. The van der Waals surface area contributed by atoms with Gasteiger partial charge in [-0.2, -0.15) is 0 Å². The van der Waals surface area contributed by atoms with Crippen LogP contribution < -0.4 is 0 Å². The summed E-state index contributed by atoms with van der Waals surface area (Å²) in [6.45, 7) is 10.6. The molecule has 3 rings (SSSR count). The second-order valence-electron chi connectivity index (χ2n) is 8.72. The van der Waals surface area contributed by atoms with Gasteiger partial charge in [0.1, 0.15) is 5.75 Å². The van der Waals surface area contributed by atoms with Gasteiger partial charge in [0.2, 0.25) is 0 Å². The van der Waals surface area contributed by atoms with E-state index in [9.17, 15) is 15.3 Å². The lowest BCUT2D eigenvalue weighted by Crippen LogP contribution is -2.59. The number of hydrogen-bond donors (Lipinski definition) is 3. The molecule has 0 amide bonds. The molecule has 1 saturated carbocycles. The summed E-state index contributed by atoms with van der Waals surface area (Å²) in [7, 11) is 0. The summed E-state index contributed by atoms with van der Waals surface area (Å²) in [5.41, 5.74) is 2.88. The van der Waals surface area contributed by atoms with Crippen molar-refractivity contribution < 1.29 is 15.3 Å². The molecule has 0 heterocycles. The van der Waals surface area contributed by atoms with Crippen LogP contribution in [0.15, 0.2) is 12.1 Å². The molecule has 3 nitrogen and oxygen atoms in total. The fourth-order valence-electron chi connectivity index (χ4n) is 5.59. The molecule has 23 heavy (non-hydrogen) atoms. The highest BCUT2D eigenvalue weighted by atomic mass is 16.3. The third-order valence-electron chi connectivity index (χ3n) is 6.61. The zero-order valence-electron chi connectivity index (χ0n) is 14.9. The van der Waals surface area contributed by atoms with E-state index in [-0.39, 0.29) is 28.8 Å². The minimum atomic E-state index is -0.489. The first-order valence-corrected chi connectivity index (χ1v) is 8.82.